The molecule has 0 radical (unpaired) electrons. The third-order valence-electron chi connectivity index (χ3n) is 2.66. The highest BCUT2D eigenvalue weighted by atomic mass is 35.5. The van der Waals surface area contributed by atoms with E-state index in [1.54, 1.807) is 6.20 Å². The van der Waals surface area contributed by atoms with Crippen LogP contribution in [0.15, 0.2) is 36.5 Å². The van der Waals surface area contributed by atoms with Gasteiger partial charge in [-0.3, -0.25) is 15.1 Å². The molecule has 0 amide bonds. The van der Waals surface area contributed by atoms with Gasteiger partial charge in [-0.2, -0.15) is 0 Å². The molecule has 20 heavy (non-hydrogen) atoms. The number of nitro benzene ring substituents is 1. The summed E-state index contributed by atoms with van der Waals surface area (Å²) in [5, 5.41) is 13.6. The fourth-order valence-corrected chi connectivity index (χ4v) is 1.86. The van der Waals surface area contributed by atoms with Gasteiger partial charge in [0, 0.05) is 24.9 Å². The third kappa shape index (κ3) is 3.42. The molecule has 0 fully saturated rings. The number of nitro groups is 1. The summed E-state index contributed by atoms with van der Waals surface area (Å²) in [6, 6.07) is 7.55. The van der Waals surface area contributed by atoms with Crippen LogP contribution in [0.1, 0.15) is 5.69 Å². The maximum absolute atomic E-state index is 13.2. The van der Waals surface area contributed by atoms with Crippen LogP contribution in [0.3, 0.4) is 0 Å². The van der Waals surface area contributed by atoms with E-state index in [1.165, 1.54) is 6.07 Å². The van der Waals surface area contributed by atoms with Crippen LogP contribution < -0.4 is 5.32 Å². The van der Waals surface area contributed by atoms with Crippen molar-refractivity contribution in [2.45, 2.75) is 6.42 Å². The van der Waals surface area contributed by atoms with E-state index in [1.807, 2.05) is 18.2 Å². The molecular formula is C13H11ClFN3O2. The molecule has 7 heteroatoms. The number of nitrogens with one attached hydrogen (secondary N) is 1. The minimum absolute atomic E-state index is 0.157. The number of aromatic nitrogens is 1. The van der Waals surface area contributed by atoms with E-state index >= 15 is 0 Å². The van der Waals surface area contributed by atoms with Crippen LogP contribution in [0.4, 0.5) is 15.8 Å². The molecule has 0 spiro atoms. The minimum atomic E-state index is -0.811. The van der Waals surface area contributed by atoms with Gasteiger partial charge in [0.1, 0.15) is 11.5 Å². The second kappa shape index (κ2) is 6.29. The van der Waals surface area contributed by atoms with Crippen LogP contribution in [-0.4, -0.2) is 16.5 Å². The fourth-order valence-electron chi connectivity index (χ4n) is 1.70. The second-order valence-corrected chi connectivity index (χ2v) is 4.45. The molecule has 2 aromatic rings. The van der Waals surface area contributed by atoms with E-state index < -0.39 is 10.7 Å². The Morgan fingerprint density at radius 3 is 2.85 bits per heavy atom. The highest BCUT2D eigenvalue weighted by molar-refractivity contribution is 6.31. The fraction of sp³-hybridized carbons (Fsp3) is 0.154. The quantitative estimate of drug-likeness (QED) is 0.678. The van der Waals surface area contributed by atoms with Crippen molar-refractivity contribution in [2.75, 3.05) is 11.9 Å². The molecule has 0 aliphatic carbocycles. The molecule has 2 rings (SSSR count). The molecule has 0 atom stereocenters. The summed E-state index contributed by atoms with van der Waals surface area (Å²) < 4.78 is 13.2. The summed E-state index contributed by atoms with van der Waals surface area (Å²) in [4.78, 5) is 14.4. The van der Waals surface area contributed by atoms with E-state index in [9.17, 15) is 14.5 Å². The van der Waals surface area contributed by atoms with Crippen molar-refractivity contribution >= 4 is 23.0 Å². The Balaban J connectivity index is 2.09. The number of rotatable bonds is 5. The lowest BCUT2D eigenvalue weighted by molar-refractivity contribution is -0.384. The molecule has 0 aliphatic heterocycles. The number of pyridine rings is 1. The molecule has 0 bridgehead atoms. The van der Waals surface area contributed by atoms with Gasteiger partial charge >= 0.3 is 0 Å². The maximum atomic E-state index is 13.2. The van der Waals surface area contributed by atoms with E-state index in [4.69, 9.17) is 11.6 Å². The highest BCUT2D eigenvalue weighted by Crippen LogP contribution is 2.30. The summed E-state index contributed by atoms with van der Waals surface area (Å²) >= 11 is 5.64. The van der Waals surface area contributed by atoms with E-state index in [0.29, 0.717) is 13.0 Å². The number of anilines is 1. The normalized spacial score (nSPS) is 10.3. The predicted molar refractivity (Wildman–Crippen MR) is 74.5 cm³/mol. The monoisotopic (exact) mass is 295 g/mol. The summed E-state index contributed by atoms with van der Waals surface area (Å²) in [5.41, 5.74) is 0.709. The topological polar surface area (TPSA) is 68.1 Å². The molecule has 0 unspecified atom stereocenters. The largest absolute Gasteiger partial charge is 0.379 e. The van der Waals surface area contributed by atoms with Crippen molar-refractivity contribution in [3.05, 3.63) is 63.2 Å². The van der Waals surface area contributed by atoms with Crippen molar-refractivity contribution in [1.82, 2.24) is 4.98 Å². The van der Waals surface area contributed by atoms with E-state index in [2.05, 4.69) is 10.3 Å². The predicted octanol–water partition coefficient (Wildman–Crippen LogP) is 3.44. The van der Waals surface area contributed by atoms with Gasteiger partial charge < -0.3 is 5.32 Å². The summed E-state index contributed by atoms with van der Waals surface area (Å²) in [5.74, 6) is -0.811. The lowest BCUT2D eigenvalue weighted by atomic mass is 10.2. The van der Waals surface area contributed by atoms with Gasteiger partial charge in [-0.1, -0.05) is 17.7 Å². The smallest absolute Gasteiger partial charge is 0.295 e. The number of hydrogen-bond acceptors (Lipinski definition) is 4. The Bertz CT molecular complexity index is 623. The van der Waals surface area contributed by atoms with Crippen molar-refractivity contribution in [3.63, 3.8) is 0 Å². The second-order valence-electron chi connectivity index (χ2n) is 4.04. The number of hydrogen-bond donors (Lipinski definition) is 1. The minimum Gasteiger partial charge on any atom is -0.379 e. The first-order valence-electron chi connectivity index (χ1n) is 5.85. The summed E-state index contributed by atoms with van der Waals surface area (Å²) in [7, 11) is 0. The zero-order chi connectivity index (χ0) is 14.5. The van der Waals surface area contributed by atoms with Crippen LogP contribution >= 0.6 is 11.6 Å². The van der Waals surface area contributed by atoms with Crippen LogP contribution in [-0.2, 0) is 6.42 Å². The van der Waals surface area contributed by atoms with Crippen molar-refractivity contribution in [2.24, 2.45) is 0 Å². The van der Waals surface area contributed by atoms with Crippen LogP contribution in [0, 0.1) is 15.9 Å². The van der Waals surface area contributed by atoms with Gasteiger partial charge in [-0.25, -0.2) is 4.39 Å². The Morgan fingerprint density at radius 2 is 2.20 bits per heavy atom. The van der Waals surface area contributed by atoms with E-state index in [-0.39, 0.29) is 16.4 Å². The zero-order valence-corrected chi connectivity index (χ0v) is 11.1. The number of benzene rings is 1. The summed E-state index contributed by atoms with van der Waals surface area (Å²) in [6.45, 7) is 0.430. The molecule has 104 valence electrons. The van der Waals surface area contributed by atoms with Gasteiger partial charge in [-0.05, 0) is 18.2 Å². The van der Waals surface area contributed by atoms with Crippen molar-refractivity contribution < 1.29 is 9.31 Å². The van der Waals surface area contributed by atoms with Gasteiger partial charge in [0.15, 0.2) is 0 Å². The lowest BCUT2D eigenvalue weighted by Crippen LogP contribution is -2.08. The Kier molecular flexibility index (Phi) is 4.47. The molecule has 1 aromatic heterocycles. The van der Waals surface area contributed by atoms with Crippen molar-refractivity contribution in [3.8, 4) is 0 Å². The standard InChI is InChI=1S/C13H11ClFN3O2/c14-10-7-12(13(18(19)20)8-11(10)15)17-6-4-9-3-1-2-5-16-9/h1-3,5,7-8,17H,4,6H2. The van der Waals surface area contributed by atoms with Crippen molar-refractivity contribution in [1.29, 1.82) is 0 Å². The van der Waals surface area contributed by atoms with Gasteiger partial charge in [0.2, 0.25) is 0 Å². The van der Waals surface area contributed by atoms with Gasteiger partial charge in [-0.15, -0.1) is 0 Å². The average Bonchev–Trinajstić information content (AvgIpc) is 2.43. The lowest BCUT2D eigenvalue weighted by Gasteiger charge is -2.07. The van der Waals surface area contributed by atoms with Gasteiger partial charge in [0.25, 0.3) is 5.69 Å². The molecule has 1 aromatic carbocycles. The third-order valence-corrected chi connectivity index (χ3v) is 2.95. The molecule has 1 N–H and O–H groups in total. The van der Waals surface area contributed by atoms with E-state index in [0.717, 1.165) is 11.8 Å². The maximum Gasteiger partial charge on any atom is 0.295 e. The van der Waals surface area contributed by atoms with Gasteiger partial charge in [0.05, 0.1) is 16.0 Å². The first kappa shape index (κ1) is 14.2. The summed E-state index contributed by atoms with van der Waals surface area (Å²) in [6.07, 6.45) is 2.26. The molecule has 0 saturated heterocycles. The number of nitrogens with zero attached hydrogens (tertiary/aromatic N) is 2. The SMILES string of the molecule is O=[N+]([O-])c1cc(F)c(Cl)cc1NCCc1ccccn1. The zero-order valence-electron chi connectivity index (χ0n) is 10.3. The Labute approximate surface area is 119 Å². The molecule has 0 saturated carbocycles. The average molecular weight is 296 g/mol. The molecule has 0 aliphatic rings. The van der Waals surface area contributed by atoms with Crippen LogP contribution in [0.25, 0.3) is 0 Å². The van der Waals surface area contributed by atoms with Crippen LogP contribution in [0.2, 0.25) is 5.02 Å². The Morgan fingerprint density at radius 1 is 1.40 bits per heavy atom. The molecular weight excluding hydrogens is 285 g/mol. The first-order chi connectivity index (χ1) is 9.58. The van der Waals surface area contributed by atoms with Crippen LogP contribution in [0.5, 0.6) is 0 Å². The Hall–Kier alpha value is -2.21. The first-order valence-corrected chi connectivity index (χ1v) is 6.23. The number of halogens is 2. The molecule has 5 nitrogen and oxygen atoms in total. The highest BCUT2D eigenvalue weighted by Gasteiger charge is 2.17. The molecule has 1 heterocycles.